The van der Waals surface area contributed by atoms with Crippen molar-refractivity contribution >= 4 is 0 Å². The first kappa shape index (κ1) is 22.9. The van der Waals surface area contributed by atoms with E-state index in [1.807, 2.05) is 27.7 Å². The van der Waals surface area contributed by atoms with Gasteiger partial charge in [-0.2, -0.15) is 0 Å². The topological polar surface area (TPSA) is 21.7 Å². The SMILES string of the molecule is CCCCCCCCCCCCCCN(OC(C)C)OC(C)C. The lowest BCUT2D eigenvalue weighted by atomic mass is 10.1. The average molecular weight is 330 g/mol. The molecule has 0 saturated heterocycles. The van der Waals surface area contributed by atoms with Gasteiger partial charge in [0.05, 0.1) is 18.8 Å². The number of hydroxylamine groups is 2. The van der Waals surface area contributed by atoms with Crippen LogP contribution in [0.5, 0.6) is 0 Å². The molecule has 0 spiro atoms. The van der Waals surface area contributed by atoms with Gasteiger partial charge in [-0.15, -0.1) is 0 Å². The molecule has 0 N–H and O–H groups in total. The zero-order valence-electron chi connectivity index (χ0n) is 16.6. The van der Waals surface area contributed by atoms with E-state index in [0.29, 0.717) is 0 Å². The molecule has 3 nitrogen and oxygen atoms in total. The molecule has 0 aliphatic heterocycles. The molecule has 23 heavy (non-hydrogen) atoms. The van der Waals surface area contributed by atoms with Gasteiger partial charge in [-0.05, 0) is 34.1 Å². The van der Waals surface area contributed by atoms with E-state index < -0.39 is 0 Å². The summed E-state index contributed by atoms with van der Waals surface area (Å²) in [5.41, 5.74) is 0. The van der Waals surface area contributed by atoms with E-state index in [9.17, 15) is 0 Å². The Bertz CT molecular complexity index is 222. The molecule has 0 radical (unpaired) electrons. The third-order valence-electron chi connectivity index (χ3n) is 3.85. The van der Waals surface area contributed by atoms with Gasteiger partial charge in [0.1, 0.15) is 0 Å². The molecule has 3 heteroatoms. The van der Waals surface area contributed by atoms with Crippen LogP contribution >= 0.6 is 0 Å². The van der Waals surface area contributed by atoms with Crippen LogP contribution in [0.3, 0.4) is 0 Å². The minimum atomic E-state index is 0.172. The van der Waals surface area contributed by atoms with Crippen LogP contribution in [0.15, 0.2) is 0 Å². The Hall–Kier alpha value is -0.120. The Kier molecular flexibility index (Phi) is 16.6. The fraction of sp³-hybridized carbons (Fsp3) is 1.00. The summed E-state index contributed by atoms with van der Waals surface area (Å²) in [5.74, 6) is 0. The van der Waals surface area contributed by atoms with Gasteiger partial charge in [0.25, 0.3) is 0 Å². The van der Waals surface area contributed by atoms with Crippen molar-refractivity contribution in [2.75, 3.05) is 6.54 Å². The third kappa shape index (κ3) is 18.1. The van der Waals surface area contributed by atoms with Crippen molar-refractivity contribution in [2.24, 2.45) is 0 Å². The van der Waals surface area contributed by atoms with Crippen molar-refractivity contribution in [3.63, 3.8) is 0 Å². The second kappa shape index (κ2) is 16.7. The third-order valence-corrected chi connectivity index (χ3v) is 3.85. The van der Waals surface area contributed by atoms with Crippen molar-refractivity contribution in [1.29, 1.82) is 0 Å². The summed E-state index contributed by atoms with van der Waals surface area (Å²) in [5, 5.41) is 1.69. The molecule has 0 saturated carbocycles. The van der Waals surface area contributed by atoms with E-state index in [2.05, 4.69) is 6.92 Å². The highest BCUT2D eigenvalue weighted by molar-refractivity contribution is 4.49. The van der Waals surface area contributed by atoms with Crippen molar-refractivity contribution in [3.05, 3.63) is 0 Å². The smallest absolute Gasteiger partial charge is 0.0763 e. The highest BCUT2D eigenvalue weighted by atomic mass is 17.0. The van der Waals surface area contributed by atoms with Gasteiger partial charge < -0.3 is 0 Å². The highest BCUT2D eigenvalue weighted by Crippen LogP contribution is 2.12. The Morgan fingerprint density at radius 3 is 1.26 bits per heavy atom. The van der Waals surface area contributed by atoms with Gasteiger partial charge in [-0.3, -0.25) is 9.68 Å². The predicted molar refractivity (Wildman–Crippen MR) is 100 cm³/mol. The van der Waals surface area contributed by atoms with Crippen molar-refractivity contribution in [3.8, 4) is 0 Å². The number of unbranched alkanes of at least 4 members (excludes halogenated alkanes) is 11. The van der Waals surface area contributed by atoms with Crippen molar-refractivity contribution < 1.29 is 9.68 Å². The number of nitrogens with zero attached hydrogens (tertiary/aromatic N) is 1. The summed E-state index contributed by atoms with van der Waals surface area (Å²) in [4.78, 5) is 11.3. The lowest BCUT2D eigenvalue weighted by molar-refractivity contribution is -0.394. The molecule has 0 aliphatic rings. The van der Waals surface area contributed by atoms with Gasteiger partial charge >= 0.3 is 0 Å². The van der Waals surface area contributed by atoms with Crippen LogP contribution in [0.1, 0.15) is 112 Å². The van der Waals surface area contributed by atoms with Crippen molar-refractivity contribution in [1.82, 2.24) is 5.23 Å². The molecule has 0 heterocycles. The van der Waals surface area contributed by atoms with Crippen LogP contribution in [0.4, 0.5) is 0 Å². The second-order valence-electron chi connectivity index (χ2n) is 7.25. The fourth-order valence-corrected chi connectivity index (χ4v) is 2.68. The normalized spacial score (nSPS) is 12.0. The summed E-state index contributed by atoms with van der Waals surface area (Å²) in [7, 11) is 0. The molecule has 0 bridgehead atoms. The minimum absolute atomic E-state index is 0.172. The van der Waals surface area contributed by atoms with Gasteiger partial charge in [0, 0.05) is 0 Å². The maximum atomic E-state index is 5.67. The molecule has 0 aromatic carbocycles. The average Bonchev–Trinajstić information content (AvgIpc) is 2.47. The molecule has 0 fully saturated rings. The fourth-order valence-electron chi connectivity index (χ4n) is 2.68. The summed E-state index contributed by atoms with van der Waals surface area (Å²) in [6, 6.07) is 0. The van der Waals surface area contributed by atoms with E-state index in [1.165, 1.54) is 70.6 Å². The van der Waals surface area contributed by atoms with Crippen LogP contribution < -0.4 is 0 Å². The Balaban J connectivity index is 3.38. The Labute approximate surface area is 146 Å². The highest BCUT2D eigenvalue weighted by Gasteiger charge is 2.10. The van der Waals surface area contributed by atoms with Gasteiger partial charge in [-0.1, -0.05) is 82.8 Å². The second-order valence-corrected chi connectivity index (χ2v) is 7.25. The largest absolute Gasteiger partial charge is 0.271 e. The number of hydrogen-bond acceptors (Lipinski definition) is 3. The van der Waals surface area contributed by atoms with Crippen LogP contribution in [-0.4, -0.2) is 24.0 Å². The van der Waals surface area contributed by atoms with Crippen LogP contribution in [-0.2, 0) is 9.68 Å². The summed E-state index contributed by atoms with van der Waals surface area (Å²) < 4.78 is 0. The van der Waals surface area contributed by atoms with Crippen LogP contribution in [0.25, 0.3) is 0 Å². The number of hydrogen-bond donors (Lipinski definition) is 0. The van der Waals surface area contributed by atoms with Gasteiger partial charge in [0.15, 0.2) is 0 Å². The predicted octanol–water partition coefficient (Wildman–Crippen LogP) is 6.67. The number of rotatable bonds is 17. The van der Waals surface area contributed by atoms with E-state index in [4.69, 9.17) is 9.68 Å². The molecular formula is C20H43NO2. The van der Waals surface area contributed by atoms with E-state index in [-0.39, 0.29) is 12.2 Å². The monoisotopic (exact) mass is 329 g/mol. The first-order valence-corrected chi connectivity index (χ1v) is 10.2. The van der Waals surface area contributed by atoms with E-state index >= 15 is 0 Å². The maximum absolute atomic E-state index is 5.67. The standard InChI is InChI=1S/C20H43NO2/c1-6-7-8-9-10-11-12-13-14-15-16-17-18-21(22-19(2)3)23-20(4)5/h19-20H,6-18H2,1-5H3. The zero-order valence-corrected chi connectivity index (χ0v) is 16.6. The first-order valence-electron chi connectivity index (χ1n) is 10.2. The maximum Gasteiger partial charge on any atom is 0.0763 e. The summed E-state index contributed by atoms with van der Waals surface area (Å²) >= 11 is 0. The van der Waals surface area contributed by atoms with E-state index in [1.54, 1.807) is 5.23 Å². The molecule has 140 valence electrons. The first-order chi connectivity index (χ1) is 11.1. The van der Waals surface area contributed by atoms with Gasteiger partial charge in [0.2, 0.25) is 0 Å². The Morgan fingerprint density at radius 1 is 0.565 bits per heavy atom. The lowest BCUT2D eigenvalue weighted by Gasteiger charge is -2.24. The molecule has 0 rings (SSSR count). The molecule has 0 aromatic heterocycles. The molecule has 0 amide bonds. The molecule has 0 aromatic rings. The molecular weight excluding hydrogens is 286 g/mol. The zero-order chi connectivity index (χ0) is 17.3. The van der Waals surface area contributed by atoms with Crippen LogP contribution in [0.2, 0.25) is 0 Å². The lowest BCUT2D eigenvalue weighted by Crippen LogP contribution is -2.31. The molecule has 0 unspecified atom stereocenters. The molecule has 0 aliphatic carbocycles. The molecule has 0 atom stereocenters. The van der Waals surface area contributed by atoms with Gasteiger partial charge in [-0.25, -0.2) is 0 Å². The quantitative estimate of drug-likeness (QED) is 0.220. The summed E-state index contributed by atoms with van der Waals surface area (Å²) in [6.45, 7) is 11.3. The Morgan fingerprint density at radius 2 is 0.913 bits per heavy atom. The van der Waals surface area contributed by atoms with E-state index in [0.717, 1.165) is 13.0 Å². The van der Waals surface area contributed by atoms with Crippen LogP contribution in [0, 0.1) is 0 Å². The van der Waals surface area contributed by atoms with Crippen molar-refractivity contribution in [2.45, 2.75) is 124 Å². The summed E-state index contributed by atoms with van der Waals surface area (Å²) in [6.07, 6.45) is 16.8. The minimum Gasteiger partial charge on any atom is -0.271 e.